The molecule has 0 radical (unpaired) electrons. The van der Waals surface area contributed by atoms with Gasteiger partial charge in [-0.05, 0) is 74.7 Å². The molecule has 2 aliphatic rings. The summed E-state index contributed by atoms with van der Waals surface area (Å²) in [5.74, 6) is -0.912. The summed E-state index contributed by atoms with van der Waals surface area (Å²) in [5.41, 5.74) is 3.79. The summed E-state index contributed by atoms with van der Waals surface area (Å²) in [6.07, 6.45) is 5.01. The first kappa shape index (κ1) is 24.5. The normalized spacial score (nSPS) is 17.5. The van der Waals surface area contributed by atoms with Crippen LogP contribution < -0.4 is 10.1 Å². The van der Waals surface area contributed by atoms with Crippen LogP contribution in [0.5, 0.6) is 5.75 Å². The van der Waals surface area contributed by atoms with Crippen molar-refractivity contribution in [1.29, 1.82) is 0 Å². The molecular formula is C29H28FN3O4. The van der Waals surface area contributed by atoms with E-state index in [2.05, 4.69) is 5.32 Å². The van der Waals surface area contributed by atoms with E-state index < -0.39 is 17.8 Å². The number of carbonyl (C=O) groups excluding carboxylic acids is 3. The molecule has 1 aromatic heterocycles. The maximum atomic E-state index is 13.9. The van der Waals surface area contributed by atoms with Crippen molar-refractivity contribution >= 4 is 23.9 Å². The molecule has 2 aromatic carbocycles. The van der Waals surface area contributed by atoms with Gasteiger partial charge in [-0.3, -0.25) is 19.8 Å². The molecule has 4 amide bonds. The number of rotatable bonds is 6. The van der Waals surface area contributed by atoms with Crippen molar-refractivity contribution in [2.75, 3.05) is 0 Å². The first-order chi connectivity index (χ1) is 17.8. The van der Waals surface area contributed by atoms with Crippen molar-refractivity contribution in [3.8, 4) is 11.4 Å². The Morgan fingerprint density at radius 3 is 2.43 bits per heavy atom. The van der Waals surface area contributed by atoms with E-state index in [0.717, 1.165) is 48.3 Å². The molecule has 0 atom stereocenters. The molecule has 0 spiro atoms. The maximum absolute atomic E-state index is 13.9. The highest BCUT2D eigenvalue weighted by Crippen LogP contribution is 2.29. The monoisotopic (exact) mass is 501 g/mol. The van der Waals surface area contributed by atoms with Crippen LogP contribution in [0.3, 0.4) is 0 Å². The number of ether oxygens (including phenoxy) is 1. The van der Waals surface area contributed by atoms with E-state index in [0.29, 0.717) is 11.3 Å². The van der Waals surface area contributed by atoms with E-state index in [4.69, 9.17) is 4.74 Å². The fourth-order valence-corrected chi connectivity index (χ4v) is 5.12. The van der Waals surface area contributed by atoms with Crippen LogP contribution in [-0.4, -0.2) is 33.4 Å². The molecule has 37 heavy (non-hydrogen) atoms. The number of urea groups is 1. The Morgan fingerprint density at radius 2 is 1.73 bits per heavy atom. The number of nitrogens with zero attached hydrogens (tertiary/aromatic N) is 2. The number of benzene rings is 2. The lowest BCUT2D eigenvalue weighted by atomic mass is 10.1. The minimum absolute atomic E-state index is 0.0383. The number of amides is 4. The molecule has 0 unspecified atom stereocenters. The fraction of sp³-hybridized carbons (Fsp3) is 0.276. The lowest BCUT2D eigenvalue weighted by Crippen LogP contribution is -2.57. The van der Waals surface area contributed by atoms with E-state index in [1.807, 2.05) is 48.7 Å². The van der Waals surface area contributed by atoms with Gasteiger partial charge in [-0.2, -0.15) is 0 Å². The Labute approximate surface area is 214 Å². The lowest BCUT2D eigenvalue weighted by Gasteiger charge is -2.31. The van der Waals surface area contributed by atoms with Gasteiger partial charge < -0.3 is 9.30 Å². The van der Waals surface area contributed by atoms with Gasteiger partial charge in [-0.25, -0.2) is 9.18 Å². The summed E-state index contributed by atoms with van der Waals surface area (Å²) >= 11 is 0. The first-order valence-corrected chi connectivity index (χ1v) is 12.4. The van der Waals surface area contributed by atoms with Crippen molar-refractivity contribution in [1.82, 2.24) is 14.8 Å². The van der Waals surface area contributed by atoms with Gasteiger partial charge in [0.25, 0.3) is 11.8 Å². The average molecular weight is 502 g/mol. The first-order valence-electron chi connectivity index (χ1n) is 12.4. The SMILES string of the molecule is Cc1cc(/C=C2\C(=O)NC(=O)N(C3CCCC3)C2=O)c(C)n1-c1ccc(OCc2ccccc2F)cc1. The van der Waals surface area contributed by atoms with Crippen molar-refractivity contribution in [3.05, 3.63) is 88.5 Å². The molecule has 1 saturated carbocycles. The van der Waals surface area contributed by atoms with Gasteiger partial charge in [0.05, 0.1) is 0 Å². The number of aromatic nitrogens is 1. The largest absolute Gasteiger partial charge is 0.489 e. The second-order valence-electron chi connectivity index (χ2n) is 9.47. The predicted molar refractivity (Wildman–Crippen MR) is 137 cm³/mol. The average Bonchev–Trinajstić information content (AvgIpc) is 3.49. The van der Waals surface area contributed by atoms with E-state index in [1.54, 1.807) is 24.3 Å². The molecule has 1 aliphatic carbocycles. The van der Waals surface area contributed by atoms with E-state index in [1.165, 1.54) is 11.0 Å². The van der Waals surface area contributed by atoms with Crippen LogP contribution in [0.1, 0.15) is 48.2 Å². The third-order valence-electron chi connectivity index (χ3n) is 7.04. The standard InChI is InChI=1S/C29H28FN3O4/c1-18-15-21(16-25-27(34)31-29(36)33(28(25)35)22-8-4-5-9-22)19(2)32(18)23-11-13-24(14-12-23)37-17-20-7-3-6-10-26(20)30/h3,6-7,10-16,22H,4-5,8-9,17H2,1-2H3,(H,31,34,36)/b25-16+. The summed E-state index contributed by atoms with van der Waals surface area (Å²) in [5, 5.41) is 2.33. The highest BCUT2D eigenvalue weighted by molar-refractivity contribution is 6.31. The molecule has 8 heteroatoms. The molecule has 1 saturated heterocycles. The third-order valence-corrected chi connectivity index (χ3v) is 7.04. The molecule has 1 N–H and O–H groups in total. The highest BCUT2D eigenvalue weighted by atomic mass is 19.1. The predicted octanol–water partition coefficient (Wildman–Crippen LogP) is 5.22. The van der Waals surface area contributed by atoms with Gasteiger partial charge in [0.1, 0.15) is 23.7 Å². The fourth-order valence-electron chi connectivity index (χ4n) is 5.12. The Bertz CT molecular complexity index is 1400. The van der Waals surface area contributed by atoms with Crippen molar-refractivity contribution in [2.24, 2.45) is 0 Å². The van der Waals surface area contributed by atoms with Crippen LogP contribution in [-0.2, 0) is 16.2 Å². The van der Waals surface area contributed by atoms with E-state index >= 15 is 0 Å². The van der Waals surface area contributed by atoms with Crippen molar-refractivity contribution in [2.45, 2.75) is 52.2 Å². The summed E-state index contributed by atoms with van der Waals surface area (Å²) in [4.78, 5) is 39.4. The minimum atomic E-state index is -0.676. The second kappa shape index (κ2) is 10.0. The molecule has 7 nitrogen and oxygen atoms in total. The number of aryl methyl sites for hydroxylation is 1. The molecule has 3 aromatic rings. The van der Waals surface area contributed by atoms with Gasteiger partial charge in [0.2, 0.25) is 0 Å². The molecular weight excluding hydrogens is 473 g/mol. The number of carbonyl (C=O) groups is 3. The van der Waals surface area contributed by atoms with Crippen LogP contribution in [0.25, 0.3) is 11.8 Å². The van der Waals surface area contributed by atoms with Crippen LogP contribution in [0.4, 0.5) is 9.18 Å². The minimum Gasteiger partial charge on any atom is -0.489 e. The van der Waals surface area contributed by atoms with Crippen LogP contribution in [0, 0.1) is 19.7 Å². The zero-order valence-electron chi connectivity index (χ0n) is 20.8. The maximum Gasteiger partial charge on any atom is 0.331 e. The Hall–Kier alpha value is -4.20. The molecule has 1 aliphatic heterocycles. The molecule has 0 bridgehead atoms. The summed E-state index contributed by atoms with van der Waals surface area (Å²) in [7, 11) is 0. The number of hydrogen-bond donors (Lipinski definition) is 1. The third kappa shape index (κ3) is 4.79. The lowest BCUT2D eigenvalue weighted by molar-refractivity contribution is -0.131. The number of nitrogens with one attached hydrogen (secondary N) is 1. The van der Waals surface area contributed by atoms with Gasteiger partial charge in [-0.15, -0.1) is 0 Å². The topological polar surface area (TPSA) is 80.6 Å². The van der Waals surface area contributed by atoms with Gasteiger partial charge in [0.15, 0.2) is 0 Å². The van der Waals surface area contributed by atoms with Gasteiger partial charge >= 0.3 is 6.03 Å². The Morgan fingerprint density at radius 1 is 1.03 bits per heavy atom. The molecule has 2 fully saturated rings. The zero-order valence-corrected chi connectivity index (χ0v) is 20.8. The highest BCUT2D eigenvalue weighted by Gasteiger charge is 2.40. The summed E-state index contributed by atoms with van der Waals surface area (Å²) in [6.45, 7) is 3.98. The summed E-state index contributed by atoms with van der Waals surface area (Å²) in [6, 6.07) is 15.0. The quantitative estimate of drug-likeness (QED) is 0.371. The van der Waals surface area contributed by atoms with Crippen LogP contribution in [0.15, 0.2) is 60.2 Å². The second-order valence-corrected chi connectivity index (χ2v) is 9.47. The van der Waals surface area contributed by atoms with E-state index in [-0.39, 0.29) is 24.0 Å². The zero-order chi connectivity index (χ0) is 26.1. The van der Waals surface area contributed by atoms with Crippen LogP contribution in [0.2, 0.25) is 0 Å². The Balaban J connectivity index is 1.37. The van der Waals surface area contributed by atoms with Gasteiger partial charge in [0, 0.05) is 28.7 Å². The number of imide groups is 2. The van der Waals surface area contributed by atoms with E-state index in [9.17, 15) is 18.8 Å². The number of halogens is 1. The molecule has 5 rings (SSSR count). The number of hydrogen-bond acceptors (Lipinski definition) is 4. The smallest absolute Gasteiger partial charge is 0.331 e. The van der Waals surface area contributed by atoms with Crippen molar-refractivity contribution < 1.29 is 23.5 Å². The molecule has 2 heterocycles. The van der Waals surface area contributed by atoms with Crippen molar-refractivity contribution in [3.63, 3.8) is 0 Å². The Kier molecular flexibility index (Phi) is 6.65. The van der Waals surface area contributed by atoms with Gasteiger partial charge in [-0.1, -0.05) is 31.0 Å². The molecule has 190 valence electrons. The van der Waals surface area contributed by atoms with Crippen LogP contribution >= 0.6 is 0 Å². The summed E-state index contributed by atoms with van der Waals surface area (Å²) < 4.78 is 21.6. The number of barbiturate groups is 1.